The van der Waals surface area contributed by atoms with Crippen molar-refractivity contribution < 1.29 is 15.0 Å². The van der Waals surface area contributed by atoms with Gasteiger partial charge in [-0.1, -0.05) is 18.2 Å². The topological polar surface area (TPSA) is 60.8 Å². The van der Waals surface area contributed by atoms with Gasteiger partial charge in [-0.3, -0.25) is 4.79 Å². The number of rotatable bonds is 1. The summed E-state index contributed by atoms with van der Waals surface area (Å²) in [5.41, 5.74) is 0.617. The van der Waals surface area contributed by atoms with Crippen LogP contribution in [0.1, 0.15) is 16.8 Å². The highest BCUT2D eigenvalue weighted by Crippen LogP contribution is 2.14. The normalized spacial score (nSPS) is 25.5. The fraction of sp³-hybridized carbons (Fsp3) is 0.417. The van der Waals surface area contributed by atoms with Crippen LogP contribution in [-0.2, 0) is 0 Å². The minimum absolute atomic E-state index is 0.0912. The summed E-state index contributed by atoms with van der Waals surface area (Å²) in [6.45, 7) is 0.695. The number of aliphatic hydroxyl groups is 2. The molecule has 0 saturated carbocycles. The lowest BCUT2D eigenvalue weighted by Crippen LogP contribution is -2.48. The molecule has 1 aliphatic heterocycles. The number of likely N-dealkylation sites (tertiary alicyclic amines) is 1. The maximum absolute atomic E-state index is 12.0. The van der Waals surface area contributed by atoms with Gasteiger partial charge < -0.3 is 15.1 Å². The van der Waals surface area contributed by atoms with Crippen LogP contribution in [0.5, 0.6) is 0 Å². The number of piperidine rings is 1. The van der Waals surface area contributed by atoms with E-state index in [2.05, 4.69) is 0 Å². The summed E-state index contributed by atoms with van der Waals surface area (Å²) in [4.78, 5) is 13.6. The maximum atomic E-state index is 12.0. The van der Waals surface area contributed by atoms with Gasteiger partial charge >= 0.3 is 0 Å². The molecule has 0 unspecified atom stereocenters. The van der Waals surface area contributed by atoms with Crippen LogP contribution in [0.15, 0.2) is 30.3 Å². The van der Waals surface area contributed by atoms with Crippen molar-refractivity contribution in [2.45, 2.75) is 18.6 Å². The molecular weight excluding hydrogens is 206 g/mol. The molecule has 1 aromatic rings. The Balaban J connectivity index is 2.06. The summed E-state index contributed by atoms with van der Waals surface area (Å²) in [6, 6.07) is 8.97. The summed E-state index contributed by atoms with van der Waals surface area (Å²) in [6.07, 6.45) is -1.11. The van der Waals surface area contributed by atoms with Crippen molar-refractivity contribution in [1.29, 1.82) is 0 Å². The number of amides is 1. The molecular formula is C12H15NO3. The Morgan fingerprint density at radius 1 is 1.19 bits per heavy atom. The van der Waals surface area contributed by atoms with E-state index in [-0.39, 0.29) is 12.5 Å². The van der Waals surface area contributed by atoms with Crippen LogP contribution < -0.4 is 0 Å². The van der Waals surface area contributed by atoms with Crippen LogP contribution >= 0.6 is 0 Å². The number of β-amino-alcohol motifs (C(OH)–C–C–N with tert-alkyl or cyclic N) is 1. The van der Waals surface area contributed by atoms with Crippen molar-refractivity contribution in [3.63, 3.8) is 0 Å². The molecule has 4 heteroatoms. The van der Waals surface area contributed by atoms with Gasteiger partial charge in [0.15, 0.2) is 0 Å². The van der Waals surface area contributed by atoms with Crippen LogP contribution in [-0.4, -0.2) is 46.3 Å². The molecule has 0 aromatic heterocycles. The molecule has 1 saturated heterocycles. The molecule has 4 nitrogen and oxygen atoms in total. The van der Waals surface area contributed by atoms with Gasteiger partial charge in [0.1, 0.15) is 0 Å². The molecule has 2 atom stereocenters. The van der Waals surface area contributed by atoms with Gasteiger partial charge in [-0.15, -0.1) is 0 Å². The third-order valence-corrected chi connectivity index (χ3v) is 2.85. The van der Waals surface area contributed by atoms with Crippen molar-refractivity contribution in [3.05, 3.63) is 35.9 Å². The molecule has 1 aromatic carbocycles. The Hall–Kier alpha value is -1.39. The van der Waals surface area contributed by atoms with E-state index in [1.54, 1.807) is 17.0 Å². The number of carbonyl (C=O) groups is 1. The first-order chi connectivity index (χ1) is 7.68. The Morgan fingerprint density at radius 2 is 1.88 bits per heavy atom. The molecule has 0 bridgehead atoms. The Bertz CT molecular complexity index is 366. The molecule has 0 radical (unpaired) electrons. The molecule has 2 N–H and O–H groups in total. The second-order valence-electron chi connectivity index (χ2n) is 4.04. The minimum atomic E-state index is -0.832. The first-order valence-corrected chi connectivity index (χ1v) is 5.39. The van der Waals surface area contributed by atoms with Crippen molar-refractivity contribution in [2.24, 2.45) is 0 Å². The summed E-state index contributed by atoms with van der Waals surface area (Å²) >= 11 is 0. The van der Waals surface area contributed by atoms with Gasteiger partial charge in [-0.25, -0.2) is 0 Å². The number of nitrogens with zero attached hydrogens (tertiary/aromatic N) is 1. The van der Waals surface area contributed by atoms with Crippen LogP contribution in [0.25, 0.3) is 0 Å². The molecule has 2 rings (SSSR count). The number of hydrogen-bond donors (Lipinski definition) is 2. The summed E-state index contributed by atoms with van der Waals surface area (Å²) in [7, 11) is 0. The highest BCUT2D eigenvalue weighted by Gasteiger charge is 2.28. The van der Waals surface area contributed by atoms with Gasteiger partial charge in [0.25, 0.3) is 5.91 Å². The van der Waals surface area contributed by atoms with E-state index < -0.39 is 12.2 Å². The lowest BCUT2D eigenvalue weighted by Gasteiger charge is -2.33. The second kappa shape index (κ2) is 4.63. The predicted molar refractivity (Wildman–Crippen MR) is 59.0 cm³/mol. The van der Waals surface area contributed by atoms with Gasteiger partial charge in [-0.2, -0.15) is 0 Å². The molecule has 1 aliphatic rings. The largest absolute Gasteiger partial charge is 0.390 e. The number of hydrogen-bond acceptors (Lipinski definition) is 3. The van der Waals surface area contributed by atoms with E-state index in [4.69, 9.17) is 0 Å². The van der Waals surface area contributed by atoms with E-state index in [1.165, 1.54) is 0 Å². The van der Waals surface area contributed by atoms with E-state index >= 15 is 0 Å². The summed E-state index contributed by atoms with van der Waals surface area (Å²) < 4.78 is 0. The number of benzene rings is 1. The second-order valence-corrected chi connectivity index (χ2v) is 4.04. The fourth-order valence-corrected chi connectivity index (χ4v) is 1.87. The molecule has 1 fully saturated rings. The van der Waals surface area contributed by atoms with Crippen LogP contribution in [0.4, 0.5) is 0 Å². The zero-order valence-electron chi connectivity index (χ0n) is 8.91. The zero-order valence-corrected chi connectivity index (χ0v) is 8.91. The fourth-order valence-electron chi connectivity index (χ4n) is 1.87. The Morgan fingerprint density at radius 3 is 2.50 bits per heavy atom. The SMILES string of the molecule is O=C(c1ccccc1)N1CC[C@@H](O)[C@H](O)C1. The van der Waals surface area contributed by atoms with Gasteiger partial charge in [-0.05, 0) is 18.6 Å². The standard InChI is InChI=1S/C12H15NO3/c14-10-6-7-13(8-11(10)15)12(16)9-4-2-1-3-5-9/h1-5,10-11,14-15H,6-8H2/t10-,11-/m1/s1. The molecule has 1 amide bonds. The highest BCUT2D eigenvalue weighted by molar-refractivity contribution is 5.94. The summed E-state index contributed by atoms with van der Waals surface area (Å²) in [5, 5.41) is 18.9. The Kier molecular flexibility index (Phi) is 3.22. The first-order valence-electron chi connectivity index (χ1n) is 5.39. The van der Waals surface area contributed by atoms with Gasteiger partial charge in [0.2, 0.25) is 0 Å². The lowest BCUT2D eigenvalue weighted by atomic mass is 10.0. The molecule has 16 heavy (non-hydrogen) atoms. The summed E-state index contributed by atoms with van der Waals surface area (Å²) in [5.74, 6) is -0.0912. The molecule has 86 valence electrons. The average molecular weight is 221 g/mol. The molecule has 0 spiro atoms. The predicted octanol–water partition coefficient (Wildman–Crippen LogP) is 0.254. The van der Waals surface area contributed by atoms with E-state index in [0.717, 1.165) is 0 Å². The first kappa shape index (κ1) is 11.1. The average Bonchev–Trinajstić information content (AvgIpc) is 2.33. The maximum Gasteiger partial charge on any atom is 0.253 e. The minimum Gasteiger partial charge on any atom is -0.390 e. The quantitative estimate of drug-likeness (QED) is 0.715. The van der Waals surface area contributed by atoms with Crippen molar-refractivity contribution >= 4 is 5.91 Å². The van der Waals surface area contributed by atoms with E-state index in [1.807, 2.05) is 18.2 Å². The number of carbonyl (C=O) groups excluding carboxylic acids is 1. The lowest BCUT2D eigenvalue weighted by molar-refractivity contribution is -0.0321. The Labute approximate surface area is 94.1 Å². The highest BCUT2D eigenvalue weighted by atomic mass is 16.3. The molecule has 0 aliphatic carbocycles. The third-order valence-electron chi connectivity index (χ3n) is 2.85. The van der Waals surface area contributed by atoms with E-state index in [9.17, 15) is 15.0 Å². The molecule has 1 heterocycles. The third kappa shape index (κ3) is 2.23. The van der Waals surface area contributed by atoms with Crippen LogP contribution in [0.2, 0.25) is 0 Å². The van der Waals surface area contributed by atoms with Crippen LogP contribution in [0, 0.1) is 0 Å². The van der Waals surface area contributed by atoms with Gasteiger partial charge in [0.05, 0.1) is 12.2 Å². The van der Waals surface area contributed by atoms with Crippen molar-refractivity contribution in [3.8, 4) is 0 Å². The smallest absolute Gasteiger partial charge is 0.253 e. The van der Waals surface area contributed by atoms with Crippen molar-refractivity contribution in [2.75, 3.05) is 13.1 Å². The van der Waals surface area contributed by atoms with Crippen molar-refractivity contribution in [1.82, 2.24) is 4.90 Å². The van der Waals surface area contributed by atoms with Gasteiger partial charge in [0, 0.05) is 18.7 Å². The zero-order chi connectivity index (χ0) is 11.5. The monoisotopic (exact) mass is 221 g/mol. The van der Waals surface area contributed by atoms with E-state index in [0.29, 0.717) is 18.5 Å². The van der Waals surface area contributed by atoms with Crippen LogP contribution in [0.3, 0.4) is 0 Å². The number of aliphatic hydroxyl groups excluding tert-OH is 2.